The minimum absolute atomic E-state index is 0.281. The minimum atomic E-state index is 0.281. The molecule has 0 aliphatic carbocycles. The van der Waals surface area contributed by atoms with Crippen molar-refractivity contribution in [3.63, 3.8) is 0 Å². The summed E-state index contributed by atoms with van der Waals surface area (Å²) in [5, 5.41) is 9.19. The summed E-state index contributed by atoms with van der Waals surface area (Å²) < 4.78 is 5.15. The van der Waals surface area contributed by atoms with E-state index in [1.807, 2.05) is 36.7 Å². The molecule has 2 aromatic rings. The highest BCUT2D eigenvalue weighted by atomic mass is 16.5. The van der Waals surface area contributed by atoms with Gasteiger partial charge in [-0.25, -0.2) is 9.97 Å². The first-order valence-electron chi connectivity index (χ1n) is 7.57. The van der Waals surface area contributed by atoms with Crippen LogP contribution in [0, 0.1) is 5.92 Å². The van der Waals surface area contributed by atoms with Crippen LogP contribution in [-0.4, -0.2) is 46.8 Å². The number of aromatic nitrogens is 2. The van der Waals surface area contributed by atoms with Crippen LogP contribution in [0.4, 0.5) is 0 Å². The average Bonchev–Trinajstić information content (AvgIpc) is 3.03. The van der Waals surface area contributed by atoms with Crippen LogP contribution >= 0.6 is 0 Å². The summed E-state index contributed by atoms with van der Waals surface area (Å²) in [4.78, 5) is 11.3. The van der Waals surface area contributed by atoms with Gasteiger partial charge >= 0.3 is 0 Å². The largest absolute Gasteiger partial charge is 0.497 e. The number of benzene rings is 1. The number of ether oxygens (including phenoxy) is 1. The Morgan fingerprint density at radius 3 is 2.55 bits per heavy atom. The zero-order valence-corrected chi connectivity index (χ0v) is 12.8. The van der Waals surface area contributed by atoms with Gasteiger partial charge in [0.1, 0.15) is 5.75 Å². The first-order chi connectivity index (χ1) is 10.8. The zero-order chi connectivity index (χ0) is 15.4. The smallest absolute Gasteiger partial charge is 0.159 e. The molecule has 1 fully saturated rings. The number of nitrogens with zero attached hydrogens (tertiary/aromatic N) is 3. The Labute approximate surface area is 130 Å². The first kappa shape index (κ1) is 14.9. The van der Waals surface area contributed by atoms with Gasteiger partial charge in [0.05, 0.1) is 7.11 Å². The highest BCUT2D eigenvalue weighted by Gasteiger charge is 2.21. The van der Waals surface area contributed by atoms with Crippen molar-refractivity contribution >= 4 is 0 Å². The van der Waals surface area contributed by atoms with E-state index in [1.165, 1.54) is 0 Å². The van der Waals surface area contributed by atoms with Crippen LogP contribution in [-0.2, 0) is 6.54 Å². The molecule has 0 spiro atoms. The Bertz CT molecular complexity index is 598. The number of likely N-dealkylation sites (tertiary alicyclic amines) is 1. The van der Waals surface area contributed by atoms with Crippen molar-refractivity contribution in [2.24, 2.45) is 5.92 Å². The van der Waals surface area contributed by atoms with Gasteiger partial charge in [0, 0.05) is 43.2 Å². The van der Waals surface area contributed by atoms with Crippen molar-refractivity contribution in [1.82, 2.24) is 14.9 Å². The van der Waals surface area contributed by atoms with Gasteiger partial charge in [0.2, 0.25) is 0 Å². The predicted octanol–water partition coefficient (Wildman–Crippen LogP) is 1.97. The Morgan fingerprint density at radius 1 is 1.23 bits per heavy atom. The maximum Gasteiger partial charge on any atom is 0.159 e. The van der Waals surface area contributed by atoms with Crippen LogP contribution in [0.2, 0.25) is 0 Å². The molecule has 0 radical (unpaired) electrons. The van der Waals surface area contributed by atoms with Gasteiger partial charge in [0.25, 0.3) is 0 Å². The third kappa shape index (κ3) is 3.43. The summed E-state index contributed by atoms with van der Waals surface area (Å²) in [5.41, 5.74) is 2.09. The Hall–Kier alpha value is -1.98. The summed E-state index contributed by atoms with van der Waals surface area (Å²) >= 11 is 0. The molecule has 1 aliphatic heterocycles. The van der Waals surface area contributed by atoms with E-state index < -0.39 is 0 Å². The molecule has 1 aromatic heterocycles. The van der Waals surface area contributed by atoms with Crippen LogP contribution in [0.1, 0.15) is 12.0 Å². The highest BCUT2D eigenvalue weighted by Crippen LogP contribution is 2.20. The molecule has 1 N–H and O–H groups in total. The molecule has 1 saturated heterocycles. The molecule has 1 aromatic carbocycles. The van der Waals surface area contributed by atoms with E-state index in [0.717, 1.165) is 48.8 Å². The Morgan fingerprint density at radius 2 is 1.95 bits per heavy atom. The second-order valence-electron chi connectivity index (χ2n) is 5.72. The number of aliphatic hydroxyl groups excluding tert-OH is 1. The van der Waals surface area contributed by atoms with Crippen molar-refractivity contribution in [3.8, 4) is 17.1 Å². The molecular formula is C17H21N3O2. The van der Waals surface area contributed by atoms with Crippen LogP contribution < -0.4 is 4.74 Å². The van der Waals surface area contributed by atoms with Crippen LogP contribution in [0.5, 0.6) is 5.75 Å². The predicted molar refractivity (Wildman–Crippen MR) is 84.5 cm³/mol. The van der Waals surface area contributed by atoms with E-state index in [9.17, 15) is 5.11 Å². The number of rotatable bonds is 5. The molecule has 116 valence electrons. The molecule has 5 heteroatoms. The lowest BCUT2D eigenvalue weighted by molar-refractivity contribution is 0.220. The van der Waals surface area contributed by atoms with Gasteiger partial charge in [-0.3, -0.25) is 4.90 Å². The van der Waals surface area contributed by atoms with E-state index in [4.69, 9.17) is 4.74 Å². The third-order valence-electron chi connectivity index (χ3n) is 4.09. The van der Waals surface area contributed by atoms with Gasteiger partial charge in [0.15, 0.2) is 5.82 Å². The monoisotopic (exact) mass is 299 g/mol. The summed E-state index contributed by atoms with van der Waals surface area (Å²) in [6.45, 7) is 3.12. The molecule has 22 heavy (non-hydrogen) atoms. The molecule has 1 unspecified atom stereocenters. The molecule has 1 aliphatic rings. The molecule has 3 rings (SSSR count). The minimum Gasteiger partial charge on any atom is -0.497 e. The van der Waals surface area contributed by atoms with Crippen LogP contribution in [0.3, 0.4) is 0 Å². The van der Waals surface area contributed by atoms with Crippen molar-refractivity contribution < 1.29 is 9.84 Å². The summed E-state index contributed by atoms with van der Waals surface area (Å²) in [7, 11) is 1.65. The number of hydrogen-bond acceptors (Lipinski definition) is 5. The van der Waals surface area contributed by atoms with Gasteiger partial charge in [-0.15, -0.1) is 0 Å². The molecule has 1 atom stereocenters. The number of aliphatic hydroxyl groups is 1. The van der Waals surface area contributed by atoms with E-state index >= 15 is 0 Å². The van der Waals surface area contributed by atoms with Gasteiger partial charge < -0.3 is 9.84 Å². The van der Waals surface area contributed by atoms with Gasteiger partial charge in [-0.1, -0.05) is 0 Å². The molecule has 2 heterocycles. The van der Waals surface area contributed by atoms with Crippen molar-refractivity contribution in [2.75, 3.05) is 26.8 Å². The van der Waals surface area contributed by atoms with Crippen molar-refractivity contribution in [2.45, 2.75) is 13.0 Å². The summed E-state index contributed by atoms with van der Waals surface area (Å²) in [6, 6.07) is 7.73. The maximum absolute atomic E-state index is 9.19. The molecule has 0 saturated carbocycles. The number of hydrogen-bond donors (Lipinski definition) is 1. The standard InChI is InChI=1S/C17H21N3O2/c1-22-16-4-2-15(3-5-16)17-18-8-14(9-19-17)11-20-7-6-13(10-20)12-21/h2-5,8-9,13,21H,6-7,10-12H2,1H3. The lowest BCUT2D eigenvalue weighted by Crippen LogP contribution is -2.21. The Kier molecular flexibility index (Phi) is 4.65. The Balaban J connectivity index is 1.64. The second kappa shape index (κ2) is 6.85. The van der Waals surface area contributed by atoms with Crippen LogP contribution in [0.25, 0.3) is 11.4 Å². The molecule has 0 bridgehead atoms. The third-order valence-corrected chi connectivity index (χ3v) is 4.09. The summed E-state index contributed by atoms with van der Waals surface area (Å²) in [6.07, 6.45) is 4.85. The fourth-order valence-corrected chi connectivity index (χ4v) is 2.79. The van der Waals surface area contributed by atoms with Gasteiger partial charge in [-0.2, -0.15) is 0 Å². The molecule has 0 amide bonds. The average molecular weight is 299 g/mol. The van der Waals surface area contributed by atoms with Crippen molar-refractivity contribution in [3.05, 3.63) is 42.2 Å². The SMILES string of the molecule is COc1ccc(-c2ncc(CN3CCC(CO)C3)cn2)cc1. The highest BCUT2D eigenvalue weighted by molar-refractivity contribution is 5.55. The van der Waals surface area contributed by atoms with Gasteiger partial charge in [-0.05, 0) is 43.1 Å². The zero-order valence-electron chi connectivity index (χ0n) is 12.8. The quantitative estimate of drug-likeness (QED) is 0.914. The fourth-order valence-electron chi connectivity index (χ4n) is 2.79. The van der Waals surface area contributed by atoms with Crippen LogP contribution in [0.15, 0.2) is 36.7 Å². The fraction of sp³-hybridized carbons (Fsp3) is 0.412. The maximum atomic E-state index is 9.19. The first-order valence-corrected chi connectivity index (χ1v) is 7.57. The summed E-state index contributed by atoms with van der Waals surface area (Å²) in [5.74, 6) is 1.97. The van der Waals surface area contributed by atoms with E-state index in [1.54, 1.807) is 7.11 Å². The van der Waals surface area contributed by atoms with E-state index in [2.05, 4.69) is 14.9 Å². The molecule has 5 nitrogen and oxygen atoms in total. The lowest BCUT2D eigenvalue weighted by atomic mass is 10.1. The normalized spacial score (nSPS) is 18.5. The van der Waals surface area contributed by atoms with E-state index in [0.29, 0.717) is 5.92 Å². The molecular weight excluding hydrogens is 278 g/mol. The number of methoxy groups -OCH3 is 1. The lowest BCUT2D eigenvalue weighted by Gasteiger charge is -2.15. The topological polar surface area (TPSA) is 58.5 Å². The second-order valence-corrected chi connectivity index (χ2v) is 5.72. The van der Waals surface area contributed by atoms with E-state index in [-0.39, 0.29) is 6.61 Å². The van der Waals surface area contributed by atoms with Crippen molar-refractivity contribution in [1.29, 1.82) is 0 Å².